The van der Waals surface area contributed by atoms with Crippen LogP contribution in [0, 0.1) is 0 Å². The standard InChI is InChI=1S/C10H15F2N3O/c1-16-10-6-8(2-4-14-10)15(5-3-13)7-9(11)12/h2,4,6,9H,3,5,7,13H2,1H3. The topological polar surface area (TPSA) is 51.4 Å². The van der Waals surface area contributed by atoms with Gasteiger partial charge in [0.1, 0.15) is 0 Å². The van der Waals surface area contributed by atoms with E-state index >= 15 is 0 Å². The van der Waals surface area contributed by atoms with Gasteiger partial charge in [0.25, 0.3) is 6.43 Å². The number of ether oxygens (including phenoxy) is 1. The Balaban J connectivity index is 2.82. The highest BCUT2D eigenvalue weighted by atomic mass is 19.3. The summed E-state index contributed by atoms with van der Waals surface area (Å²) in [6.07, 6.45) is -0.880. The lowest BCUT2D eigenvalue weighted by atomic mass is 10.3. The summed E-state index contributed by atoms with van der Waals surface area (Å²) >= 11 is 0. The Bertz CT molecular complexity index is 323. The lowest BCUT2D eigenvalue weighted by Gasteiger charge is -2.23. The van der Waals surface area contributed by atoms with E-state index in [0.29, 0.717) is 24.7 Å². The zero-order valence-corrected chi connectivity index (χ0v) is 9.07. The van der Waals surface area contributed by atoms with Gasteiger partial charge in [-0.3, -0.25) is 0 Å². The quantitative estimate of drug-likeness (QED) is 0.797. The van der Waals surface area contributed by atoms with Crippen LogP contribution in [0.5, 0.6) is 5.88 Å². The Hall–Kier alpha value is -1.43. The number of halogens is 2. The highest BCUT2D eigenvalue weighted by Gasteiger charge is 2.12. The Morgan fingerprint density at radius 3 is 2.88 bits per heavy atom. The van der Waals surface area contributed by atoms with Crippen LogP contribution < -0.4 is 15.4 Å². The summed E-state index contributed by atoms with van der Waals surface area (Å²) in [7, 11) is 1.48. The number of rotatable bonds is 6. The number of alkyl halides is 2. The SMILES string of the molecule is COc1cc(N(CCN)CC(F)F)ccn1. The van der Waals surface area contributed by atoms with Crippen LogP contribution >= 0.6 is 0 Å². The summed E-state index contributed by atoms with van der Waals surface area (Å²) in [5.74, 6) is 0.397. The Labute approximate surface area is 93.0 Å². The van der Waals surface area contributed by atoms with Crippen LogP contribution in [0.3, 0.4) is 0 Å². The minimum atomic E-state index is -2.40. The van der Waals surface area contributed by atoms with Crippen molar-refractivity contribution in [2.24, 2.45) is 5.73 Å². The first-order valence-corrected chi connectivity index (χ1v) is 4.90. The van der Waals surface area contributed by atoms with Gasteiger partial charge in [0, 0.05) is 31.0 Å². The van der Waals surface area contributed by atoms with Gasteiger partial charge in [-0.2, -0.15) is 0 Å². The van der Waals surface area contributed by atoms with Crippen molar-refractivity contribution in [2.45, 2.75) is 6.43 Å². The maximum atomic E-state index is 12.3. The summed E-state index contributed by atoms with van der Waals surface area (Å²) in [5, 5.41) is 0. The van der Waals surface area contributed by atoms with E-state index in [4.69, 9.17) is 10.5 Å². The molecule has 1 rings (SSSR count). The molecule has 16 heavy (non-hydrogen) atoms. The van der Waals surface area contributed by atoms with Gasteiger partial charge >= 0.3 is 0 Å². The summed E-state index contributed by atoms with van der Waals surface area (Å²) in [6.45, 7) is 0.346. The van der Waals surface area contributed by atoms with Crippen molar-refractivity contribution < 1.29 is 13.5 Å². The molecule has 1 heterocycles. The van der Waals surface area contributed by atoms with Gasteiger partial charge in [0.15, 0.2) is 0 Å². The van der Waals surface area contributed by atoms with Crippen molar-refractivity contribution in [1.29, 1.82) is 0 Å². The fourth-order valence-electron chi connectivity index (χ4n) is 1.36. The second-order valence-electron chi connectivity index (χ2n) is 3.18. The normalized spacial score (nSPS) is 10.6. The van der Waals surface area contributed by atoms with Crippen LogP contribution in [0.2, 0.25) is 0 Å². The van der Waals surface area contributed by atoms with E-state index in [1.807, 2.05) is 0 Å². The summed E-state index contributed by atoms with van der Waals surface area (Å²) in [6, 6.07) is 3.26. The predicted octanol–water partition coefficient (Wildman–Crippen LogP) is 1.12. The number of hydrogen-bond acceptors (Lipinski definition) is 4. The molecule has 0 aliphatic rings. The van der Waals surface area contributed by atoms with Crippen LogP contribution in [0.1, 0.15) is 0 Å². The zero-order valence-electron chi connectivity index (χ0n) is 9.07. The minimum Gasteiger partial charge on any atom is -0.481 e. The molecule has 0 atom stereocenters. The Morgan fingerprint density at radius 1 is 1.56 bits per heavy atom. The molecule has 0 aliphatic heterocycles. The van der Waals surface area contributed by atoms with Gasteiger partial charge in [0.05, 0.1) is 13.7 Å². The number of anilines is 1. The van der Waals surface area contributed by atoms with Crippen molar-refractivity contribution >= 4 is 5.69 Å². The average Bonchev–Trinajstić information content (AvgIpc) is 2.28. The predicted molar refractivity (Wildman–Crippen MR) is 58.1 cm³/mol. The number of aromatic nitrogens is 1. The highest BCUT2D eigenvalue weighted by Crippen LogP contribution is 2.19. The van der Waals surface area contributed by atoms with Gasteiger partial charge in [-0.05, 0) is 6.07 Å². The minimum absolute atomic E-state index is 0.317. The molecule has 0 spiro atoms. The van der Waals surface area contributed by atoms with E-state index in [0.717, 1.165) is 0 Å². The Morgan fingerprint density at radius 2 is 2.31 bits per heavy atom. The molecular formula is C10H15F2N3O. The highest BCUT2D eigenvalue weighted by molar-refractivity contribution is 5.48. The third-order valence-electron chi connectivity index (χ3n) is 2.05. The number of nitrogens with zero attached hydrogens (tertiary/aromatic N) is 2. The third kappa shape index (κ3) is 3.62. The molecule has 90 valence electrons. The van der Waals surface area contributed by atoms with Crippen LogP contribution in [0.25, 0.3) is 0 Å². The molecule has 0 unspecified atom stereocenters. The molecule has 1 aromatic heterocycles. The zero-order chi connectivity index (χ0) is 12.0. The molecule has 4 nitrogen and oxygen atoms in total. The lowest BCUT2D eigenvalue weighted by Crippen LogP contribution is -2.33. The summed E-state index contributed by atoms with van der Waals surface area (Å²) in [5.41, 5.74) is 6.02. The maximum Gasteiger partial charge on any atom is 0.255 e. The monoisotopic (exact) mass is 231 g/mol. The molecule has 0 bridgehead atoms. The van der Waals surface area contributed by atoms with Gasteiger partial charge in [-0.25, -0.2) is 13.8 Å². The summed E-state index contributed by atoms with van der Waals surface area (Å²) < 4.78 is 29.6. The number of nitrogens with two attached hydrogens (primary N) is 1. The smallest absolute Gasteiger partial charge is 0.255 e. The van der Waals surface area contributed by atoms with Crippen molar-refractivity contribution in [2.75, 3.05) is 31.6 Å². The van der Waals surface area contributed by atoms with Crippen molar-refractivity contribution in [3.63, 3.8) is 0 Å². The first-order chi connectivity index (χ1) is 7.67. The lowest BCUT2D eigenvalue weighted by molar-refractivity contribution is 0.155. The van der Waals surface area contributed by atoms with E-state index in [9.17, 15) is 8.78 Å². The fraction of sp³-hybridized carbons (Fsp3) is 0.500. The molecule has 0 amide bonds. The molecule has 6 heteroatoms. The van der Waals surface area contributed by atoms with Crippen LogP contribution in [0.15, 0.2) is 18.3 Å². The summed E-state index contributed by atoms with van der Waals surface area (Å²) in [4.78, 5) is 5.42. The van der Waals surface area contributed by atoms with E-state index < -0.39 is 6.43 Å². The third-order valence-corrected chi connectivity index (χ3v) is 2.05. The van der Waals surface area contributed by atoms with E-state index in [1.165, 1.54) is 18.2 Å². The number of methoxy groups -OCH3 is 1. The first kappa shape index (κ1) is 12.6. The van der Waals surface area contributed by atoms with Crippen molar-refractivity contribution in [3.05, 3.63) is 18.3 Å². The molecule has 0 radical (unpaired) electrons. The second kappa shape index (κ2) is 6.22. The number of pyridine rings is 1. The molecule has 1 aromatic rings. The van der Waals surface area contributed by atoms with Crippen molar-refractivity contribution in [3.8, 4) is 5.88 Å². The molecular weight excluding hydrogens is 216 g/mol. The van der Waals surface area contributed by atoms with E-state index in [-0.39, 0.29) is 6.54 Å². The molecule has 0 saturated heterocycles. The largest absolute Gasteiger partial charge is 0.481 e. The van der Waals surface area contributed by atoms with E-state index in [2.05, 4.69) is 4.98 Å². The van der Waals surface area contributed by atoms with Gasteiger partial charge in [-0.15, -0.1) is 0 Å². The molecule has 2 N–H and O–H groups in total. The van der Waals surface area contributed by atoms with Gasteiger partial charge in [0.2, 0.25) is 5.88 Å². The average molecular weight is 231 g/mol. The number of hydrogen-bond donors (Lipinski definition) is 1. The fourth-order valence-corrected chi connectivity index (χ4v) is 1.36. The van der Waals surface area contributed by atoms with Crippen molar-refractivity contribution in [1.82, 2.24) is 4.98 Å². The molecule has 0 fully saturated rings. The van der Waals surface area contributed by atoms with Crippen LogP contribution in [0.4, 0.5) is 14.5 Å². The van der Waals surface area contributed by atoms with Crippen LogP contribution in [-0.2, 0) is 0 Å². The maximum absolute atomic E-state index is 12.3. The second-order valence-corrected chi connectivity index (χ2v) is 3.18. The first-order valence-electron chi connectivity index (χ1n) is 4.90. The van der Waals surface area contributed by atoms with Gasteiger partial charge in [-0.1, -0.05) is 0 Å². The van der Waals surface area contributed by atoms with E-state index in [1.54, 1.807) is 12.1 Å². The van der Waals surface area contributed by atoms with Crippen LogP contribution in [-0.4, -0.2) is 38.2 Å². The van der Waals surface area contributed by atoms with Gasteiger partial charge < -0.3 is 15.4 Å². The Kier molecular flexibility index (Phi) is 4.91. The molecule has 0 aliphatic carbocycles. The molecule has 0 aromatic carbocycles. The molecule has 0 saturated carbocycles.